The smallest absolute Gasteiger partial charge is 0.216 e. The average Bonchev–Trinajstić information content (AvgIpc) is 2.47. The molecule has 0 saturated heterocycles. The van der Waals surface area contributed by atoms with E-state index >= 15 is 0 Å². The minimum Gasteiger partial charge on any atom is -0.481 e. The molecule has 2 aromatic heterocycles. The van der Waals surface area contributed by atoms with Crippen LogP contribution in [-0.2, 0) is 12.8 Å². The van der Waals surface area contributed by atoms with E-state index in [1.165, 1.54) is 18.7 Å². The highest BCUT2D eigenvalue weighted by Gasteiger charge is 2.04. The van der Waals surface area contributed by atoms with Crippen molar-refractivity contribution in [3.05, 3.63) is 47.7 Å². The van der Waals surface area contributed by atoms with Crippen LogP contribution in [0, 0.1) is 17.8 Å². The molecule has 4 nitrogen and oxygen atoms in total. The Morgan fingerprint density at radius 3 is 2.17 bits per heavy atom. The van der Waals surface area contributed by atoms with Gasteiger partial charge in [0, 0.05) is 12.3 Å². The Labute approximate surface area is 138 Å². The fraction of sp³-hybridized carbons (Fsp3) is 0.500. The number of ether oxygens (including phenoxy) is 1. The van der Waals surface area contributed by atoms with Crippen molar-refractivity contribution >= 4 is 0 Å². The molecule has 0 aliphatic rings. The van der Waals surface area contributed by atoms with Gasteiger partial charge in [-0.2, -0.15) is 19.6 Å². The molecule has 23 heavy (non-hydrogen) atoms. The van der Waals surface area contributed by atoms with Crippen molar-refractivity contribution in [3.8, 4) is 5.88 Å². The van der Waals surface area contributed by atoms with Gasteiger partial charge in [-0.25, -0.2) is 0 Å². The summed E-state index contributed by atoms with van der Waals surface area (Å²) in [7, 11) is 1.49. The molecular formula is C18H26FN3O. The lowest BCUT2D eigenvalue weighted by Gasteiger charge is -2.06. The average molecular weight is 319 g/mol. The molecule has 5 heteroatoms. The third-order valence-electron chi connectivity index (χ3n) is 2.97. The van der Waals surface area contributed by atoms with Gasteiger partial charge in [0.1, 0.15) is 0 Å². The Bertz CT molecular complexity index is 574. The maximum atomic E-state index is 12.9. The second kappa shape index (κ2) is 9.87. The topological polar surface area (TPSA) is 47.9 Å². The van der Waals surface area contributed by atoms with E-state index in [9.17, 15) is 4.39 Å². The van der Waals surface area contributed by atoms with Gasteiger partial charge in [0.2, 0.25) is 11.8 Å². The van der Waals surface area contributed by atoms with Gasteiger partial charge in [0.25, 0.3) is 0 Å². The number of methoxy groups -OCH3 is 1. The Kier molecular flexibility index (Phi) is 8.16. The first-order chi connectivity index (χ1) is 10.9. The molecule has 0 fully saturated rings. The molecule has 0 saturated carbocycles. The summed E-state index contributed by atoms with van der Waals surface area (Å²) in [6.45, 7) is 8.57. The predicted molar refractivity (Wildman–Crippen MR) is 89.9 cm³/mol. The lowest BCUT2D eigenvalue weighted by atomic mass is 10.0. The molecule has 0 N–H and O–H groups in total. The van der Waals surface area contributed by atoms with Crippen LogP contribution < -0.4 is 4.74 Å². The molecule has 2 rings (SSSR count). The summed E-state index contributed by atoms with van der Waals surface area (Å²) in [5.41, 5.74) is 2.20. The van der Waals surface area contributed by atoms with Crippen molar-refractivity contribution in [1.82, 2.24) is 15.2 Å². The van der Waals surface area contributed by atoms with E-state index in [0.29, 0.717) is 17.7 Å². The van der Waals surface area contributed by atoms with Crippen LogP contribution in [0.25, 0.3) is 0 Å². The van der Waals surface area contributed by atoms with Gasteiger partial charge in [-0.05, 0) is 47.9 Å². The Morgan fingerprint density at radius 2 is 1.65 bits per heavy atom. The maximum absolute atomic E-state index is 12.9. The first-order valence-electron chi connectivity index (χ1n) is 7.86. The van der Waals surface area contributed by atoms with Crippen LogP contribution >= 0.6 is 0 Å². The Morgan fingerprint density at radius 1 is 1.00 bits per heavy atom. The zero-order valence-corrected chi connectivity index (χ0v) is 14.6. The molecule has 0 radical (unpaired) electrons. The van der Waals surface area contributed by atoms with Crippen LogP contribution in [0.5, 0.6) is 5.88 Å². The maximum Gasteiger partial charge on any atom is 0.216 e. The third-order valence-corrected chi connectivity index (χ3v) is 2.97. The number of aromatic nitrogens is 3. The van der Waals surface area contributed by atoms with Gasteiger partial charge in [0.05, 0.1) is 13.3 Å². The predicted octanol–water partition coefficient (Wildman–Crippen LogP) is 4.10. The molecule has 0 aliphatic heterocycles. The van der Waals surface area contributed by atoms with Crippen LogP contribution in [0.2, 0.25) is 0 Å². The first-order valence-corrected chi connectivity index (χ1v) is 7.86. The van der Waals surface area contributed by atoms with Gasteiger partial charge < -0.3 is 4.74 Å². The number of halogens is 1. The normalized spacial score (nSPS) is 10.4. The van der Waals surface area contributed by atoms with Crippen LogP contribution in [0.15, 0.2) is 30.6 Å². The molecular weight excluding hydrogens is 293 g/mol. The lowest BCUT2D eigenvalue weighted by molar-refractivity contribution is 0.386. The summed E-state index contributed by atoms with van der Waals surface area (Å²) in [5.74, 6) is 1.07. The first kappa shape index (κ1) is 19.0. The second-order valence-electron chi connectivity index (χ2n) is 6.29. The lowest BCUT2D eigenvalue weighted by Crippen LogP contribution is -1.98. The molecule has 0 unspecified atom stereocenters. The molecule has 0 aliphatic carbocycles. The van der Waals surface area contributed by atoms with Crippen LogP contribution in [0.3, 0.4) is 0 Å². The van der Waals surface area contributed by atoms with E-state index in [1.807, 2.05) is 12.3 Å². The number of hydrogen-bond acceptors (Lipinski definition) is 4. The highest BCUT2D eigenvalue weighted by molar-refractivity contribution is 5.21. The Balaban J connectivity index is 0.000000238. The molecule has 2 heterocycles. The molecule has 126 valence electrons. The second-order valence-corrected chi connectivity index (χ2v) is 6.29. The molecule has 0 spiro atoms. The van der Waals surface area contributed by atoms with Gasteiger partial charge in [-0.15, -0.1) is 0 Å². The highest BCUT2D eigenvalue weighted by atomic mass is 19.1. The molecule has 2 aromatic rings. The van der Waals surface area contributed by atoms with E-state index in [-0.39, 0.29) is 0 Å². The van der Waals surface area contributed by atoms with E-state index < -0.39 is 5.95 Å². The minimum atomic E-state index is -0.477. The summed E-state index contributed by atoms with van der Waals surface area (Å²) < 4.78 is 17.7. The quantitative estimate of drug-likeness (QED) is 0.778. The SMILES string of the molecule is CC(C)Cc1ccnnc1.COc1cc(CC(C)C)cc(F)n1. The van der Waals surface area contributed by atoms with Crippen LogP contribution in [-0.4, -0.2) is 22.3 Å². The minimum absolute atomic E-state index is 0.343. The number of pyridine rings is 1. The summed E-state index contributed by atoms with van der Waals surface area (Å²) >= 11 is 0. The molecule has 0 amide bonds. The van der Waals surface area contributed by atoms with Crippen molar-refractivity contribution in [1.29, 1.82) is 0 Å². The van der Waals surface area contributed by atoms with E-state index in [0.717, 1.165) is 18.4 Å². The van der Waals surface area contributed by atoms with E-state index in [1.54, 1.807) is 12.3 Å². The van der Waals surface area contributed by atoms with Gasteiger partial charge >= 0.3 is 0 Å². The van der Waals surface area contributed by atoms with Crippen molar-refractivity contribution in [2.24, 2.45) is 11.8 Å². The fourth-order valence-electron chi connectivity index (χ4n) is 2.13. The largest absolute Gasteiger partial charge is 0.481 e. The van der Waals surface area contributed by atoms with Crippen LogP contribution in [0.4, 0.5) is 4.39 Å². The fourth-order valence-corrected chi connectivity index (χ4v) is 2.13. The van der Waals surface area contributed by atoms with Crippen molar-refractivity contribution < 1.29 is 9.13 Å². The number of rotatable bonds is 5. The highest BCUT2D eigenvalue weighted by Crippen LogP contribution is 2.14. The van der Waals surface area contributed by atoms with Crippen LogP contribution in [0.1, 0.15) is 38.8 Å². The standard InChI is InChI=1S/C10H14FNO.C8H12N2/c1-7(2)4-8-5-9(11)12-10(6-8)13-3;1-7(2)5-8-3-4-9-10-6-8/h5-7H,4H2,1-3H3;3-4,6-7H,5H2,1-2H3. The van der Waals surface area contributed by atoms with Gasteiger partial charge in [-0.1, -0.05) is 27.7 Å². The summed E-state index contributed by atoms with van der Waals surface area (Å²) in [5, 5.41) is 7.49. The zero-order chi connectivity index (χ0) is 17.2. The van der Waals surface area contributed by atoms with E-state index in [4.69, 9.17) is 4.74 Å². The summed E-state index contributed by atoms with van der Waals surface area (Å²) in [6, 6.07) is 5.22. The number of nitrogens with zero attached hydrogens (tertiary/aromatic N) is 3. The third kappa shape index (κ3) is 8.24. The van der Waals surface area contributed by atoms with Crippen molar-refractivity contribution in [3.63, 3.8) is 0 Å². The monoisotopic (exact) mass is 319 g/mol. The molecule has 0 atom stereocenters. The van der Waals surface area contributed by atoms with Crippen molar-refractivity contribution in [2.45, 2.75) is 40.5 Å². The summed E-state index contributed by atoms with van der Waals surface area (Å²) in [4.78, 5) is 3.57. The summed E-state index contributed by atoms with van der Waals surface area (Å²) in [6.07, 6.45) is 5.49. The van der Waals surface area contributed by atoms with E-state index in [2.05, 4.69) is 42.9 Å². The van der Waals surface area contributed by atoms with Gasteiger partial charge in [-0.3, -0.25) is 0 Å². The van der Waals surface area contributed by atoms with Gasteiger partial charge in [0.15, 0.2) is 0 Å². The van der Waals surface area contributed by atoms with Crippen molar-refractivity contribution in [2.75, 3.05) is 7.11 Å². The zero-order valence-electron chi connectivity index (χ0n) is 14.6. The Hall–Kier alpha value is -2.04. The molecule has 0 bridgehead atoms. The number of hydrogen-bond donors (Lipinski definition) is 0. The molecule has 0 aromatic carbocycles.